The number of carbonyl (C=O) groups is 6. The van der Waals surface area contributed by atoms with Gasteiger partial charge in [-0.3, -0.25) is 28.9 Å². The highest BCUT2D eigenvalue weighted by Crippen LogP contribution is 2.31. The van der Waals surface area contributed by atoms with E-state index in [0.717, 1.165) is 24.0 Å². The largest absolute Gasteiger partial charge is 0.467 e. The van der Waals surface area contributed by atoms with Crippen LogP contribution in [0.5, 0.6) is 0 Å². The van der Waals surface area contributed by atoms with Gasteiger partial charge in [0.05, 0.1) is 49.8 Å². The van der Waals surface area contributed by atoms with E-state index in [4.69, 9.17) is 24.7 Å². The Balaban J connectivity index is 0.00000240. The number of nitrogen functional groups attached to an aromatic ring is 1. The highest BCUT2D eigenvalue weighted by Gasteiger charge is 2.44. The van der Waals surface area contributed by atoms with Crippen LogP contribution in [0.2, 0.25) is 0 Å². The number of amides is 3. The fourth-order valence-corrected chi connectivity index (χ4v) is 9.11. The summed E-state index contributed by atoms with van der Waals surface area (Å²) in [6.07, 6.45) is -2.93. The van der Waals surface area contributed by atoms with E-state index in [9.17, 15) is 37.1 Å². The highest BCUT2D eigenvalue weighted by atomic mass is 19.4. The molecule has 67 heavy (non-hydrogen) atoms. The number of benzene rings is 1. The van der Waals surface area contributed by atoms with E-state index < -0.39 is 66.6 Å². The number of methoxy groups -OCH3 is 3. The normalized spacial score (nSPS) is 17.6. The minimum atomic E-state index is -4.64. The van der Waals surface area contributed by atoms with Crippen molar-refractivity contribution in [2.75, 3.05) is 47.7 Å². The van der Waals surface area contributed by atoms with Crippen LogP contribution < -0.4 is 11.1 Å². The third-order valence-corrected chi connectivity index (χ3v) is 12.7. The maximum Gasteiger partial charge on any atom is 0.446 e. The first-order valence-corrected chi connectivity index (χ1v) is 23.0. The number of halogens is 3. The maximum atomic E-state index is 14.6. The molecule has 9 atom stereocenters. The van der Waals surface area contributed by atoms with Crippen LogP contribution in [0, 0.1) is 29.6 Å². The van der Waals surface area contributed by atoms with Crippen LogP contribution in [0.3, 0.4) is 0 Å². The van der Waals surface area contributed by atoms with E-state index >= 15 is 0 Å². The Bertz CT molecular complexity index is 1890. The molecule has 1 aromatic carbocycles. The lowest BCUT2D eigenvalue weighted by Gasteiger charge is -2.41. The molecule has 2 heterocycles. The average Bonchev–Trinajstić information content (AvgIpc) is 3.77. The van der Waals surface area contributed by atoms with Gasteiger partial charge in [0.25, 0.3) is 0 Å². The number of nitrogens with zero attached hydrogens (tertiary/aromatic N) is 4. The maximum absolute atomic E-state index is 14.6. The molecule has 1 aliphatic rings. The number of likely N-dealkylation sites (N-methyl/N-ethyl adjacent to an activating group) is 2. The molecule has 376 valence electrons. The number of anilines is 1. The predicted molar refractivity (Wildman–Crippen MR) is 249 cm³/mol. The van der Waals surface area contributed by atoms with Gasteiger partial charge in [0, 0.05) is 59.3 Å². The standard InChI is InChI=1S/C47H74N6O8.C2HF3O/c1-13-31(6)43(52(9)46(57)35(29(2)3)26-38(54)42(30(4)5)51(8)28-34-21-22-49-40(48)25-34)39(59-10)27-41(55)53-23-17-20-37(53)44(60-11)32(7)45(56)50-36(47(58)61-12)24-33-18-15-14-16-19-33;3-2(4,5)1-6/h14-16,18-19,21-22,25,29-32,35-37,39,42-44H,13,17,20,23-24,26-28H2,1-12H3,(H2,48,49)(H,50,56);1H/t31-,32+,35-,36-,37-,39+,42-,43-,44+;/m0./s1. The molecule has 0 saturated carbocycles. The molecular formula is C49H75F3N6O9. The van der Waals surface area contributed by atoms with Gasteiger partial charge in [-0.05, 0) is 60.9 Å². The van der Waals surface area contributed by atoms with Gasteiger partial charge < -0.3 is 35.1 Å². The van der Waals surface area contributed by atoms with E-state index in [1.54, 1.807) is 43.1 Å². The lowest BCUT2D eigenvalue weighted by Crippen LogP contribution is -2.55. The van der Waals surface area contributed by atoms with Gasteiger partial charge >= 0.3 is 12.1 Å². The lowest BCUT2D eigenvalue weighted by molar-refractivity contribution is -0.156. The van der Waals surface area contributed by atoms with Crippen LogP contribution >= 0.6 is 0 Å². The summed E-state index contributed by atoms with van der Waals surface area (Å²) < 4.78 is 48.3. The topological polar surface area (TPSA) is 191 Å². The number of aromatic nitrogens is 1. The van der Waals surface area contributed by atoms with Crippen LogP contribution in [-0.2, 0) is 55.9 Å². The number of esters is 1. The SMILES string of the molecule is CC[C@H](C)[C@@H]([C@@H](CC(=O)N1CCC[C@H]1[C@H](OC)[C@@H](C)C(=O)N[C@@H](Cc1ccccc1)C(=O)OC)OC)N(C)C(=O)[C@@H](CC(=O)[C@H](C(C)C)N(C)Cc1ccnc(N)c1)C(C)C.O=CC(F)(F)F. The fourth-order valence-electron chi connectivity index (χ4n) is 9.11. The third kappa shape index (κ3) is 17.6. The summed E-state index contributed by atoms with van der Waals surface area (Å²) >= 11 is 0. The first-order chi connectivity index (χ1) is 31.5. The summed E-state index contributed by atoms with van der Waals surface area (Å²) in [4.78, 5) is 87.9. The second-order valence-electron chi connectivity index (χ2n) is 18.2. The van der Waals surface area contributed by atoms with Crippen LogP contribution in [-0.4, -0.2) is 140 Å². The number of ether oxygens (including phenoxy) is 3. The second kappa shape index (κ2) is 27.8. The molecule has 0 aliphatic carbocycles. The first kappa shape index (κ1) is 58.2. The number of hydrogen-bond donors (Lipinski definition) is 2. The average molecular weight is 949 g/mol. The monoisotopic (exact) mass is 949 g/mol. The molecule has 0 spiro atoms. The van der Waals surface area contributed by atoms with Crippen molar-refractivity contribution >= 4 is 41.6 Å². The Labute approximate surface area is 395 Å². The molecule has 3 rings (SSSR count). The zero-order chi connectivity index (χ0) is 50.8. The van der Waals surface area contributed by atoms with Gasteiger partial charge in [-0.25, -0.2) is 9.78 Å². The summed E-state index contributed by atoms with van der Waals surface area (Å²) in [6.45, 7) is 14.8. The van der Waals surface area contributed by atoms with E-state index in [1.165, 1.54) is 14.2 Å². The first-order valence-electron chi connectivity index (χ1n) is 23.0. The van der Waals surface area contributed by atoms with Gasteiger partial charge in [-0.2, -0.15) is 13.2 Å². The number of nitrogens with two attached hydrogens (primary N) is 1. The number of carbonyl (C=O) groups excluding carboxylic acids is 6. The Kier molecular flexibility index (Phi) is 24.1. The van der Waals surface area contributed by atoms with E-state index in [0.29, 0.717) is 25.3 Å². The molecule has 0 radical (unpaired) electrons. The zero-order valence-electron chi connectivity index (χ0n) is 41.4. The van der Waals surface area contributed by atoms with E-state index in [-0.39, 0.29) is 60.5 Å². The minimum absolute atomic E-state index is 0.00312. The molecule has 1 fully saturated rings. The number of rotatable bonds is 24. The molecule has 3 amide bonds. The van der Waals surface area contributed by atoms with Gasteiger partial charge in [0.2, 0.25) is 24.0 Å². The number of nitrogens with one attached hydrogen (secondary N) is 1. The Hall–Kier alpha value is -4.94. The van der Waals surface area contributed by atoms with E-state index in [2.05, 4.69) is 17.2 Å². The number of alkyl halides is 3. The van der Waals surface area contributed by atoms with Crippen molar-refractivity contribution in [3.05, 3.63) is 59.8 Å². The fraction of sp³-hybridized carbons (Fsp3) is 0.653. The summed E-state index contributed by atoms with van der Waals surface area (Å²) in [5.41, 5.74) is 7.74. The van der Waals surface area contributed by atoms with Gasteiger partial charge in [-0.15, -0.1) is 0 Å². The van der Waals surface area contributed by atoms with Crippen molar-refractivity contribution in [1.82, 2.24) is 25.0 Å². The van der Waals surface area contributed by atoms with Crippen molar-refractivity contribution in [2.24, 2.45) is 29.6 Å². The molecule has 3 N–H and O–H groups in total. The molecular weight excluding hydrogens is 874 g/mol. The Morgan fingerprint density at radius 2 is 1.57 bits per heavy atom. The number of likely N-dealkylation sites (tertiary alicyclic amines) is 1. The molecule has 15 nitrogen and oxygen atoms in total. The van der Waals surface area contributed by atoms with Crippen molar-refractivity contribution in [1.29, 1.82) is 0 Å². The minimum Gasteiger partial charge on any atom is -0.467 e. The Morgan fingerprint density at radius 1 is 0.940 bits per heavy atom. The van der Waals surface area contributed by atoms with Crippen LogP contribution in [0.25, 0.3) is 0 Å². The van der Waals surface area contributed by atoms with Crippen LogP contribution in [0.1, 0.15) is 91.7 Å². The third-order valence-electron chi connectivity index (χ3n) is 12.7. The molecule has 2 aromatic rings. The predicted octanol–water partition coefficient (Wildman–Crippen LogP) is 5.92. The summed E-state index contributed by atoms with van der Waals surface area (Å²) in [7, 11) is 8.06. The van der Waals surface area contributed by atoms with Crippen molar-refractivity contribution in [3.8, 4) is 0 Å². The van der Waals surface area contributed by atoms with Crippen LogP contribution in [0.4, 0.5) is 19.0 Å². The highest BCUT2D eigenvalue weighted by molar-refractivity contribution is 5.90. The van der Waals surface area contributed by atoms with Gasteiger partial charge in [0.1, 0.15) is 11.9 Å². The number of aldehydes is 1. The number of hydrogen-bond acceptors (Lipinski definition) is 12. The van der Waals surface area contributed by atoms with Crippen molar-refractivity contribution < 1.29 is 56.1 Å². The van der Waals surface area contributed by atoms with Crippen LogP contribution in [0.15, 0.2) is 48.7 Å². The quantitative estimate of drug-likeness (QED) is 0.0935. The van der Waals surface area contributed by atoms with E-state index in [1.807, 2.05) is 83.0 Å². The molecule has 18 heteroatoms. The second-order valence-corrected chi connectivity index (χ2v) is 18.2. The Morgan fingerprint density at radius 3 is 2.07 bits per heavy atom. The summed E-state index contributed by atoms with van der Waals surface area (Å²) in [5.74, 6) is -2.32. The molecule has 1 aliphatic heterocycles. The zero-order valence-corrected chi connectivity index (χ0v) is 41.4. The van der Waals surface area contributed by atoms with Gasteiger partial charge in [-0.1, -0.05) is 85.2 Å². The molecule has 1 aromatic heterocycles. The summed E-state index contributed by atoms with van der Waals surface area (Å²) in [6, 6.07) is 10.9. The number of pyridine rings is 1. The van der Waals surface area contributed by atoms with Crippen molar-refractivity contribution in [3.63, 3.8) is 0 Å². The van der Waals surface area contributed by atoms with Gasteiger partial charge in [0.15, 0.2) is 5.78 Å². The molecule has 1 saturated heterocycles. The summed E-state index contributed by atoms with van der Waals surface area (Å²) in [5, 5.41) is 2.87. The molecule has 0 unspecified atom stereocenters. The van der Waals surface area contributed by atoms with Crippen molar-refractivity contribution in [2.45, 2.75) is 136 Å². The lowest BCUT2D eigenvalue weighted by atomic mass is 9.83. The number of Topliss-reactive ketones (excluding diaryl/α,β-unsaturated/α-hetero) is 1. The number of ketones is 1. The molecule has 0 bridgehead atoms. The smallest absolute Gasteiger partial charge is 0.446 e.